The van der Waals surface area contributed by atoms with Crippen LogP contribution >= 0.6 is 11.6 Å². The van der Waals surface area contributed by atoms with Gasteiger partial charge in [0.05, 0.1) is 10.6 Å². The van der Waals surface area contributed by atoms with Crippen LogP contribution in [0.15, 0.2) is 42.5 Å². The van der Waals surface area contributed by atoms with E-state index in [0.29, 0.717) is 10.6 Å². The van der Waals surface area contributed by atoms with Crippen molar-refractivity contribution in [2.45, 2.75) is 19.4 Å². The minimum atomic E-state index is -0.538. The second-order valence-corrected chi connectivity index (χ2v) is 5.38. The van der Waals surface area contributed by atoms with Crippen molar-refractivity contribution in [2.75, 3.05) is 5.32 Å². The molecule has 0 aliphatic heterocycles. The molecular formula is C16H17ClN2O2. The molecule has 1 unspecified atom stereocenters. The monoisotopic (exact) mass is 304 g/mol. The van der Waals surface area contributed by atoms with Gasteiger partial charge in [-0.3, -0.25) is 4.79 Å². The van der Waals surface area contributed by atoms with Crippen molar-refractivity contribution in [3.05, 3.63) is 58.6 Å². The number of amides is 1. The largest absolute Gasteiger partial charge is 0.508 e. The van der Waals surface area contributed by atoms with Crippen molar-refractivity contribution in [2.24, 2.45) is 5.73 Å². The maximum absolute atomic E-state index is 11.1. The predicted molar refractivity (Wildman–Crippen MR) is 84.9 cm³/mol. The summed E-state index contributed by atoms with van der Waals surface area (Å²) in [5, 5.41) is 12.9. The fourth-order valence-electron chi connectivity index (χ4n) is 2.13. The number of phenolic OH excluding ortho intramolecular Hbond substituents is 1. The third-order valence-corrected chi connectivity index (χ3v) is 3.44. The summed E-state index contributed by atoms with van der Waals surface area (Å²) >= 11 is 6.02. The Labute approximate surface area is 128 Å². The van der Waals surface area contributed by atoms with Crippen molar-refractivity contribution in [1.82, 2.24) is 0 Å². The van der Waals surface area contributed by atoms with E-state index in [0.717, 1.165) is 17.7 Å². The lowest BCUT2D eigenvalue weighted by atomic mass is 10.1. The molecule has 2 aromatic carbocycles. The first-order valence-corrected chi connectivity index (χ1v) is 6.97. The van der Waals surface area contributed by atoms with E-state index in [-0.39, 0.29) is 11.8 Å². The summed E-state index contributed by atoms with van der Waals surface area (Å²) in [5.74, 6) is -0.281. The number of hydrogen-bond acceptors (Lipinski definition) is 3. The number of phenols is 1. The van der Waals surface area contributed by atoms with Gasteiger partial charge in [0, 0.05) is 11.7 Å². The molecule has 0 aliphatic carbocycles. The van der Waals surface area contributed by atoms with Gasteiger partial charge in [0.1, 0.15) is 5.75 Å². The van der Waals surface area contributed by atoms with Gasteiger partial charge in [-0.15, -0.1) is 0 Å². The van der Waals surface area contributed by atoms with Crippen LogP contribution in [0.25, 0.3) is 0 Å². The molecule has 1 atom stereocenters. The lowest BCUT2D eigenvalue weighted by molar-refractivity contribution is 0.100. The number of rotatable bonds is 5. The first-order chi connectivity index (χ1) is 9.95. The first-order valence-electron chi connectivity index (χ1n) is 6.59. The number of carbonyl (C=O) groups is 1. The van der Waals surface area contributed by atoms with E-state index in [1.807, 2.05) is 19.1 Å². The summed E-state index contributed by atoms with van der Waals surface area (Å²) in [4.78, 5) is 11.1. The molecule has 0 radical (unpaired) electrons. The topological polar surface area (TPSA) is 75.3 Å². The van der Waals surface area contributed by atoms with E-state index in [9.17, 15) is 9.90 Å². The van der Waals surface area contributed by atoms with Gasteiger partial charge in [0.15, 0.2) is 0 Å². The van der Waals surface area contributed by atoms with Gasteiger partial charge < -0.3 is 16.2 Å². The molecule has 0 fully saturated rings. The molecule has 4 N–H and O–H groups in total. The van der Waals surface area contributed by atoms with Gasteiger partial charge in [-0.2, -0.15) is 0 Å². The van der Waals surface area contributed by atoms with Gasteiger partial charge in [-0.05, 0) is 49.2 Å². The Hall–Kier alpha value is -2.20. The molecule has 0 aromatic heterocycles. The van der Waals surface area contributed by atoms with Crippen LogP contribution in [0.2, 0.25) is 5.02 Å². The lowest BCUT2D eigenvalue weighted by Crippen LogP contribution is -2.18. The van der Waals surface area contributed by atoms with E-state index in [4.69, 9.17) is 17.3 Å². The Morgan fingerprint density at radius 3 is 2.52 bits per heavy atom. The summed E-state index contributed by atoms with van der Waals surface area (Å²) in [6, 6.07) is 12.4. The first kappa shape index (κ1) is 15.2. The molecule has 2 rings (SSSR count). The van der Waals surface area contributed by atoms with Gasteiger partial charge in [-0.1, -0.05) is 23.7 Å². The zero-order valence-corrected chi connectivity index (χ0v) is 12.4. The van der Waals surface area contributed by atoms with Crippen molar-refractivity contribution in [3.63, 3.8) is 0 Å². The van der Waals surface area contributed by atoms with Crippen LogP contribution in [-0.4, -0.2) is 17.1 Å². The molecule has 0 heterocycles. The molecule has 0 bridgehead atoms. The zero-order chi connectivity index (χ0) is 15.4. The maximum Gasteiger partial charge on any atom is 0.250 e. The number of anilines is 1. The number of nitrogens with one attached hydrogen (secondary N) is 1. The van der Waals surface area contributed by atoms with Crippen molar-refractivity contribution in [1.29, 1.82) is 0 Å². The number of carbonyl (C=O) groups excluding carboxylic acids is 1. The maximum atomic E-state index is 11.1. The summed E-state index contributed by atoms with van der Waals surface area (Å²) in [6.45, 7) is 2.04. The van der Waals surface area contributed by atoms with E-state index in [2.05, 4.69) is 5.32 Å². The van der Waals surface area contributed by atoms with Gasteiger partial charge in [0.2, 0.25) is 5.91 Å². The Morgan fingerprint density at radius 1 is 1.29 bits per heavy atom. The molecule has 1 amide bonds. The van der Waals surface area contributed by atoms with Crippen LogP contribution < -0.4 is 11.1 Å². The average molecular weight is 305 g/mol. The fraction of sp³-hybridized carbons (Fsp3) is 0.188. The minimum Gasteiger partial charge on any atom is -0.508 e. The minimum absolute atomic E-state index is 0.171. The Kier molecular flexibility index (Phi) is 4.70. The van der Waals surface area contributed by atoms with Crippen molar-refractivity contribution < 1.29 is 9.90 Å². The lowest BCUT2D eigenvalue weighted by Gasteiger charge is -2.16. The Balaban J connectivity index is 2.02. The van der Waals surface area contributed by atoms with Crippen LogP contribution in [0.5, 0.6) is 5.75 Å². The standard InChI is InChI=1S/C16H17ClN2O2/c1-10(8-11-2-5-13(20)6-3-11)19-12-4-7-14(16(18)21)15(17)9-12/h2-7,9-10,19-20H,8H2,1H3,(H2,18,21). The van der Waals surface area contributed by atoms with Crippen molar-refractivity contribution >= 4 is 23.2 Å². The molecule has 5 heteroatoms. The van der Waals surface area contributed by atoms with Crippen LogP contribution in [-0.2, 0) is 6.42 Å². The zero-order valence-electron chi connectivity index (χ0n) is 11.6. The smallest absolute Gasteiger partial charge is 0.250 e. The third-order valence-electron chi connectivity index (χ3n) is 3.13. The molecule has 110 valence electrons. The number of halogens is 1. The number of benzene rings is 2. The van der Waals surface area contributed by atoms with E-state index < -0.39 is 5.91 Å². The summed E-state index contributed by atoms with van der Waals surface area (Å²) in [6.07, 6.45) is 0.801. The molecule has 4 nitrogen and oxygen atoms in total. The van der Waals surface area contributed by atoms with Gasteiger partial charge in [0.25, 0.3) is 0 Å². The van der Waals surface area contributed by atoms with E-state index in [1.54, 1.807) is 30.3 Å². The SMILES string of the molecule is CC(Cc1ccc(O)cc1)Nc1ccc(C(N)=O)c(Cl)c1. The second kappa shape index (κ2) is 6.50. The number of aromatic hydroxyl groups is 1. The highest BCUT2D eigenvalue weighted by Crippen LogP contribution is 2.22. The van der Waals surface area contributed by atoms with Crippen LogP contribution in [0.1, 0.15) is 22.8 Å². The molecule has 0 spiro atoms. The third kappa shape index (κ3) is 4.13. The highest BCUT2D eigenvalue weighted by atomic mass is 35.5. The molecule has 21 heavy (non-hydrogen) atoms. The Morgan fingerprint density at radius 2 is 1.95 bits per heavy atom. The number of nitrogens with two attached hydrogens (primary N) is 1. The molecule has 2 aromatic rings. The Bertz CT molecular complexity index is 641. The van der Waals surface area contributed by atoms with E-state index in [1.165, 1.54) is 0 Å². The molecule has 0 saturated heterocycles. The molecule has 0 aliphatic rings. The normalized spacial score (nSPS) is 11.9. The predicted octanol–water partition coefficient (Wildman–Crippen LogP) is 3.19. The average Bonchev–Trinajstić information content (AvgIpc) is 2.41. The van der Waals surface area contributed by atoms with E-state index >= 15 is 0 Å². The van der Waals surface area contributed by atoms with Gasteiger partial charge >= 0.3 is 0 Å². The number of primary amides is 1. The van der Waals surface area contributed by atoms with Crippen LogP contribution in [0.3, 0.4) is 0 Å². The summed E-state index contributed by atoms with van der Waals surface area (Å²) in [5.41, 5.74) is 7.48. The van der Waals surface area contributed by atoms with Crippen molar-refractivity contribution in [3.8, 4) is 5.75 Å². The highest BCUT2D eigenvalue weighted by Gasteiger charge is 2.09. The van der Waals surface area contributed by atoms with Crippen LogP contribution in [0.4, 0.5) is 5.69 Å². The van der Waals surface area contributed by atoms with Crippen LogP contribution in [0, 0.1) is 0 Å². The number of hydrogen-bond donors (Lipinski definition) is 3. The molecular weight excluding hydrogens is 288 g/mol. The summed E-state index contributed by atoms with van der Waals surface area (Å²) < 4.78 is 0. The molecule has 0 saturated carbocycles. The summed E-state index contributed by atoms with van der Waals surface area (Å²) in [7, 11) is 0. The van der Waals surface area contributed by atoms with Gasteiger partial charge in [-0.25, -0.2) is 0 Å². The quantitative estimate of drug-likeness (QED) is 0.794. The highest BCUT2D eigenvalue weighted by molar-refractivity contribution is 6.34. The fourth-order valence-corrected chi connectivity index (χ4v) is 2.40. The second-order valence-electron chi connectivity index (χ2n) is 4.97.